The number of ether oxygens (including phenoxy) is 1. The van der Waals surface area contributed by atoms with E-state index in [2.05, 4.69) is 45.9 Å². The Bertz CT molecular complexity index is 1310. The van der Waals surface area contributed by atoms with Crippen LogP contribution in [-0.4, -0.2) is 67.8 Å². The van der Waals surface area contributed by atoms with E-state index < -0.39 is 60.0 Å². The van der Waals surface area contributed by atoms with Gasteiger partial charge in [0.05, 0.1) is 36.4 Å². The fourth-order valence-electron chi connectivity index (χ4n) is 6.08. The van der Waals surface area contributed by atoms with Crippen LogP contribution < -0.4 is 5.63 Å². The molecule has 2 rings (SSSR count). The van der Waals surface area contributed by atoms with Crippen LogP contribution in [0, 0.1) is 23.7 Å². The number of hydrogen-bond donors (Lipinski definition) is 6. The van der Waals surface area contributed by atoms with Gasteiger partial charge >= 0.3 is 5.63 Å². The first-order chi connectivity index (χ1) is 21.9. The number of aromatic hydroxyl groups is 1. The molecule has 2 heterocycles. The Balaban J connectivity index is 2.07. The van der Waals surface area contributed by atoms with Crippen LogP contribution in [0.15, 0.2) is 62.9 Å². The van der Waals surface area contributed by atoms with Crippen LogP contribution in [0.25, 0.3) is 0 Å². The largest absolute Gasteiger partial charge is 0.507 e. The molecule has 0 bridgehead atoms. The van der Waals surface area contributed by atoms with Crippen LogP contribution in [0.4, 0.5) is 0 Å². The second kappa shape index (κ2) is 18.3. The average molecular weight is 661 g/mol. The molecular weight excluding hydrogens is 600 g/mol. The summed E-state index contributed by atoms with van der Waals surface area (Å²) in [5.41, 5.74) is -0.423. The van der Waals surface area contributed by atoms with Crippen molar-refractivity contribution in [3.63, 3.8) is 0 Å². The molecular formula is C38H60O9. The molecule has 9 nitrogen and oxygen atoms in total. The predicted molar refractivity (Wildman–Crippen MR) is 185 cm³/mol. The molecule has 1 aliphatic heterocycles. The fraction of sp³-hybridized carbons (Fsp3) is 0.658. The molecule has 0 radical (unpaired) electrons. The van der Waals surface area contributed by atoms with Crippen molar-refractivity contribution in [1.29, 1.82) is 0 Å². The van der Waals surface area contributed by atoms with E-state index >= 15 is 0 Å². The minimum atomic E-state index is -1.51. The molecule has 6 unspecified atom stereocenters. The van der Waals surface area contributed by atoms with E-state index in [9.17, 15) is 35.4 Å². The SMILES string of the molecule is CCC(C)CC(C)/C=C(C)/C=C/CC(C)C(O)C(C)/C=C(C)/C=C/C(O)C(C)(C)c1cc(O)c([C@H]2O[C@@H](CO)C[C@@H](O)[C@@H]2O)c(=O)o1. The molecule has 0 saturated carbocycles. The Morgan fingerprint density at radius 3 is 2.30 bits per heavy atom. The molecule has 0 amide bonds. The van der Waals surface area contributed by atoms with Gasteiger partial charge in [0.15, 0.2) is 0 Å². The third-order valence-electron chi connectivity index (χ3n) is 9.47. The Morgan fingerprint density at radius 1 is 1.06 bits per heavy atom. The topological polar surface area (TPSA) is 161 Å². The van der Waals surface area contributed by atoms with Gasteiger partial charge in [-0.2, -0.15) is 0 Å². The number of hydrogen-bond acceptors (Lipinski definition) is 9. The van der Waals surface area contributed by atoms with Crippen LogP contribution in [0.3, 0.4) is 0 Å². The number of aliphatic hydroxyl groups is 5. The Hall–Kier alpha value is -2.53. The van der Waals surface area contributed by atoms with Crippen molar-refractivity contribution < 1.29 is 39.8 Å². The van der Waals surface area contributed by atoms with E-state index in [1.165, 1.54) is 24.5 Å². The van der Waals surface area contributed by atoms with Gasteiger partial charge in [-0.3, -0.25) is 0 Å². The lowest BCUT2D eigenvalue weighted by atomic mass is 9.82. The summed E-state index contributed by atoms with van der Waals surface area (Å²) in [6, 6.07) is 1.20. The third-order valence-corrected chi connectivity index (χ3v) is 9.47. The average Bonchev–Trinajstić information content (AvgIpc) is 3.00. The first-order valence-electron chi connectivity index (χ1n) is 17.0. The van der Waals surface area contributed by atoms with Crippen LogP contribution in [0.1, 0.15) is 105 Å². The minimum absolute atomic E-state index is 0.00724. The van der Waals surface area contributed by atoms with E-state index in [0.29, 0.717) is 11.8 Å². The number of allylic oxidation sites excluding steroid dienone is 6. The van der Waals surface area contributed by atoms with Crippen LogP contribution in [0.5, 0.6) is 5.75 Å². The molecule has 1 fully saturated rings. The number of rotatable bonds is 16. The highest BCUT2D eigenvalue weighted by atomic mass is 16.5. The Kier molecular flexibility index (Phi) is 15.8. The maximum absolute atomic E-state index is 13.0. The van der Waals surface area contributed by atoms with Crippen molar-refractivity contribution in [1.82, 2.24) is 0 Å². The molecule has 10 atom stereocenters. The van der Waals surface area contributed by atoms with E-state index in [1.54, 1.807) is 26.0 Å². The molecule has 266 valence electrons. The summed E-state index contributed by atoms with van der Waals surface area (Å²) < 4.78 is 11.0. The molecule has 1 aliphatic rings. The first kappa shape index (κ1) is 40.6. The lowest BCUT2D eigenvalue weighted by Crippen LogP contribution is -2.46. The van der Waals surface area contributed by atoms with Gasteiger partial charge in [0.1, 0.15) is 29.3 Å². The standard InChI is InChI=1S/C38H60O9/c1-10-22(2)16-25(5)17-23(3)12-11-13-26(6)34(43)27(7)18-24(4)14-15-31(42)38(8,9)32-20-29(40)33(37(45)47-32)36-35(44)30(41)19-28(21-39)46-36/h11-12,14-15,17-18,20,22,25-28,30-31,34-36,39-44H,10,13,16,19,21H2,1-9H3/b12-11+,15-14+,23-17+,24-18+/t22?,25?,26?,27?,28-,30-,31?,34?,35+,36-/m1/s1. The van der Waals surface area contributed by atoms with Gasteiger partial charge in [-0.25, -0.2) is 4.79 Å². The third kappa shape index (κ3) is 11.5. The van der Waals surface area contributed by atoms with Crippen LogP contribution >= 0.6 is 0 Å². The van der Waals surface area contributed by atoms with Crippen molar-refractivity contribution in [2.75, 3.05) is 6.61 Å². The van der Waals surface area contributed by atoms with Crippen LogP contribution in [0.2, 0.25) is 0 Å². The summed E-state index contributed by atoms with van der Waals surface area (Å²) in [4.78, 5) is 13.0. The zero-order valence-corrected chi connectivity index (χ0v) is 29.8. The van der Waals surface area contributed by atoms with E-state index in [0.717, 1.165) is 12.0 Å². The van der Waals surface area contributed by atoms with Crippen LogP contribution in [-0.2, 0) is 10.2 Å². The van der Waals surface area contributed by atoms with Gasteiger partial charge in [-0.1, -0.05) is 88.6 Å². The summed E-state index contributed by atoms with van der Waals surface area (Å²) in [6.07, 6.45) is 8.23. The lowest BCUT2D eigenvalue weighted by molar-refractivity contribution is -0.180. The van der Waals surface area contributed by atoms with E-state index in [1.807, 2.05) is 26.8 Å². The highest BCUT2D eigenvalue weighted by molar-refractivity contribution is 5.36. The molecule has 1 saturated heterocycles. The smallest absolute Gasteiger partial charge is 0.345 e. The van der Waals surface area contributed by atoms with Gasteiger partial charge in [0.2, 0.25) is 0 Å². The molecule has 0 aromatic carbocycles. The fourth-order valence-corrected chi connectivity index (χ4v) is 6.08. The van der Waals surface area contributed by atoms with Gasteiger partial charge in [0.25, 0.3) is 0 Å². The highest BCUT2D eigenvalue weighted by Crippen LogP contribution is 2.37. The highest BCUT2D eigenvalue weighted by Gasteiger charge is 2.41. The molecule has 0 spiro atoms. The zero-order chi connectivity index (χ0) is 35.6. The summed E-state index contributed by atoms with van der Waals surface area (Å²) in [5, 5.41) is 62.8. The maximum atomic E-state index is 13.0. The monoisotopic (exact) mass is 660 g/mol. The zero-order valence-electron chi connectivity index (χ0n) is 29.8. The molecule has 6 N–H and O–H groups in total. The maximum Gasteiger partial charge on any atom is 0.345 e. The van der Waals surface area contributed by atoms with Crippen molar-refractivity contribution in [3.8, 4) is 5.75 Å². The molecule has 0 aliphatic carbocycles. The molecule has 1 aromatic rings. The first-order valence-corrected chi connectivity index (χ1v) is 17.0. The second-order valence-electron chi connectivity index (χ2n) is 14.4. The van der Waals surface area contributed by atoms with E-state index in [-0.39, 0.29) is 29.6 Å². The van der Waals surface area contributed by atoms with Crippen molar-refractivity contribution in [3.05, 3.63) is 75.4 Å². The summed E-state index contributed by atoms with van der Waals surface area (Å²) in [6.45, 7) is 17.6. The van der Waals surface area contributed by atoms with Crippen molar-refractivity contribution in [2.45, 2.75) is 130 Å². The second-order valence-corrected chi connectivity index (χ2v) is 14.4. The van der Waals surface area contributed by atoms with Gasteiger partial charge in [0, 0.05) is 18.4 Å². The van der Waals surface area contributed by atoms with Gasteiger partial charge < -0.3 is 39.8 Å². The predicted octanol–water partition coefficient (Wildman–Crippen LogP) is 5.63. The Labute approximate surface area is 281 Å². The molecule has 9 heteroatoms. The van der Waals surface area contributed by atoms with Crippen molar-refractivity contribution >= 4 is 0 Å². The quantitative estimate of drug-likeness (QED) is 0.124. The lowest BCUT2D eigenvalue weighted by Gasteiger charge is -2.36. The normalized spacial score (nSPS) is 25.6. The summed E-state index contributed by atoms with van der Waals surface area (Å²) >= 11 is 0. The van der Waals surface area contributed by atoms with Crippen molar-refractivity contribution in [2.24, 2.45) is 23.7 Å². The Morgan fingerprint density at radius 2 is 1.70 bits per heavy atom. The number of aliphatic hydroxyl groups excluding tert-OH is 5. The van der Waals surface area contributed by atoms with Gasteiger partial charge in [-0.15, -0.1) is 0 Å². The van der Waals surface area contributed by atoms with E-state index in [4.69, 9.17) is 9.15 Å². The summed E-state index contributed by atoms with van der Waals surface area (Å²) in [7, 11) is 0. The minimum Gasteiger partial charge on any atom is -0.507 e. The molecule has 47 heavy (non-hydrogen) atoms. The molecule has 1 aromatic heterocycles. The van der Waals surface area contributed by atoms with Gasteiger partial charge in [-0.05, 0) is 58.3 Å². The summed E-state index contributed by atoms with van der Waals surface area (Å²) in [5.74, 6) is 0.643.